The molecule has 7 nitrogen and oxygen atoms in total. The average Bonchev–Trinajstić information content (AvgIpc) is 3.52. The van der Waals surface area contributed by atoms with Gasteiger partial charge in [-0.05, 0) is 62.9 Å². The van der Waals surface area contributed by atoms with Crippen molar-refractivity contribution in [2.75, 3.05) is 24.2 Å². The number of anilines is 2. The van der Waals surface area contributed by atoms with Crippen molar-refractivity contribution in [3.8, 4) is 11.1 Å². The highest BCUT2D eigenvalue weighted by Crippen LogP contribution is 2.42. The predicted octanol–water partition coefficient (Wildman–Crippen LogP) is 6.39. The fourth-order valence-electron chi connectivity index (χ4n) is 4.85. The summed E-state index contributed by atoms with van der Waals surface area (Å²) in [6, 6.07) is 13.6. The Morgan fingerprint density at radius 2 is 1.89 bits per heavy atom. The van der Waals surface area contributed by atoms with Gasteiger partial charge in [-0.25, -0.2) is 4.98 Å². The summed E-state index contributed by atoms with van der Waals surface area (Å²) in [7, 11) is 0. The van der Waals surface area contributed by atoms with Gasteiger partial charge in [-0.15, -0.1) is 11.3 Å². The molecule has 0 spiro atoms. The van der Waals surface area contributed by atoms with E-state index in [2.05, 4.69) is 26.6 Å². The highest BCUT2D eigenvalue weighted by atomic mass is 79.9. The molecule has 0 radical (unpaired) electrons. The molecule has 3 heterocycles. The molecule has 0 bridgehead atoms. The predicted molar refractivity (Wildman–Crippen MR) is 157 cm³/mol. The van der Waals surface area contributed by atoms with E-state index in [1.807, 2.05) is 63.2 Å². The van der Waals surface area contributed by atoms with Crippen LogP contribution in [-0.4, -0.2) is 36.1 Å². The summed E-state index contributed by atoms with van der Waals surface area (Å²) in [6.07, 6.45) is 1.95. The molecular weight excluding hydrogens is 564 g/mol. The van der Waals surface area contributed by atoms with E-state index in [1.165, 1.54) is 11.3 Å². The van der Waals surface area contributed by atoms with Crippen molar-refractivity contribution < 1.29 is 14.3 Å². The number of aromatic nitrogens is 1. The number of aryl methyl sites for hydroxylation is 3. The lowest BCUT2D eigenvalue weighted by molar-refractivity contribution is 0.0861. The molecule has 1 aliphatic heterocycles. The number of carbonyl (C=O) groups is 2. The molecule has 0 saturated carbocycles. The molecule has 1 saturated heterocycles. The van der Waals surface area contributed by atoms with Gasteiger partial charge >= 0.3 is 0 Å². The van der Waals surface area contributed by atoms with Crippen LogP contribution in [0, 0.1) is 20.8 Å². The van der Waals surface area contributed by atoms with Crippen molar-refractivity contribution in [1.82, 2.24) is 10.3 Å². The van der Waals surface area contributed by atoms with Crippen molar-refractivity contribution in [2.24, 2.45) is 0 Å². The Morgan fingerprint density at radius 3 is 2.58 bits per heavy atom. The van der Waals surface area contributed by atoms with Crippen molar-refractivity contribution in [1.29, 1.82) is 0 Å². The molecule has 5 rings (SSSR count). The number of nitrogens with two attached hydrogens (primary N) is 1. The fourth-order valence-corrected chi connectivity index (χ4v) is 6.18. The average molecular weight is 594 g/mol. The summed E-state index contributed by atoms with van der Waals surface area (Å²) < 4.78 is 6.55. The van der Waals surface area contributed by atoms with Crippen molar-refractivity contribution in [2.45, 2.75) is 39.7 Å². The largest absolute Gasteiger partial charge is 0.397 e. The minimum atomic E-state index is -0.281. The first-order valence-electron chi connectivity index (χ1n) is 12.5. The SMILES string of the molecule is Cc1ccc(NC(=O)c2c(C)nc3sc(C(=O)NC[C@@H]4CCCO4)c(N)c3c2-c2ccc(Br)cc2)c(C)c1. The van der Waals surface area contributed by atoms with Gasteiger partial charge in [0.2, 0.25) is 0 Å². The van der Waals surface area contributed by atoms with E-state index >= 15 is 0 Å². The fraction of sp³-hybridized carbons (Fsp3) is 0.276. The van der Waals surface area contributed by atoms with E-state index < -0.39 is 0 Å². The van der Waals surface area contributed by atoms with E-state index in [0.29, 0.717) is 44.1 Å². The minimum Gasteiger partial charge on any atom is -0.397 e. The third-order valence-corrected chi connectivity index (χ3v) is 8.40. The number of carbonyl (C=O) groups excluding carboxylic acids is 2. The molecule has 4 aromatic rings. The molecular formula is C29H29BrN4O3S. The first-order valence-corrected chi connectivity index (χ1v) is 14.1. The molecule has 1 aliphatic rings. The Balaban J connectivity index is 1.61. The molecule has 2 amide bonds. The highest BCUT2D eigenvalue weighted by Gasteiger charge is 2.27. The van der Waals surface area contributed by atoms with Gasteiger partial charge in [0.25, 0.3) is 11.8 Å². The second-order valence-corrected chi connectivity index (χ2v) is 11.5. The number of nitrogen functional groups attached to an aromatic ring is 1. The molecule has 4 N–H and O–H groups in total. The van der Waals surface area contributed by atoms with Gasteiger partial charge in [-0.2, -0.15) is 0 Å². The highest BCUT2D eigenvalue weighted by molar-refractivity contribution is 9.10. The summed E-state index contributed by atoms with van der Waals surface area (Å²) >= 11 is 4.73. The third-order valence-electron chi connectivity index (χ3n) is 6.77. The standard InChI is InChI=1S/C29H29BrN4O3S/c1-15-6-11-21(16(2)13-15)34-27(35)22-17(3)33-29-24(23(22)18-7-9-19(30)10-8-18)25(31)26(38-29)28(36)32-14-20-5-4-12-37-20/h6-11,13,20H,4-5,12,14,31H2,1-3H3,(H,32,36)(H,34,35)/t20-/m0/s1. The second-order valence-electron chi connectivity index (χ2n) is 9.60. The number of ether oxygens (including phenoxy) is 1. The first kappa shape index (κ1) is 26.3. The van der Waals surface area contributed by atoms with Gasteiger partial charge in [-0.3, -0.25) is 9.59 Å². The molecule has 2 aromatic carbocycles. The van der Waals surface area contributed by atoms with Crippen LogP contribution in [0.2, 0.25) is 0 Å². The zero-order valence-electron chi connectivity index (χ0n) is 21.5. The van der Waals surface area contributed by atoms with Crippen LogP contribution in [0.1, 0.15) is 49.7 Å². The van der Waals surface area contributed by atoms with Crippen LogP contribution in [-0.2, 0) is 4.74 Å². The first-order chi connectivity index (χ1) is 18.2. The van der Waals surface area contributed by atoms with E-state index in [1.54, 1.807) is 0 Å². The van der Waals surface area contributed by atoms with Crippen LogP contribution in [0.25, 0.3) is 21.3 Å². The maximum atomic E-state index is 13.8. The van der Waals surface area contributed by atoms with E-state index in [-0.39, 0.29) is 17.9 Å². The number of pyridine rings is 1. The third kappa shape index (κ3) is 5.18. The second kappa shape index (κ2) is 10.8. The van der Waals surface area contributed by atoms with E-state index in [4.69, 9.17) is 15.5 Å². The van der Waals surface area contributed by atoms with Crippen LogP contribution >= 0.6 is 27.3 Å². The van der Waals surface area contributed by atoms with Crippen molar-refractivity contribution in [3.05, 3.63) is 74.2 Å². The summed E-state index contributed by atoms with van der Waals surface area (Å²) in [4.78, 5) is 32.7. The normalized spacial score (nSPS) is 15.1. The molecule has 38 heavy (non-hydrogen) atoms. The number of amides is 2. The topological polar surface area (TPSA) is 106 Å². The van der Waals surface area contributed by atoms with Gasteiger partial charge in [0.15, 0.2) is 0 Å². The summed E-state index contributed by atoms with van der Waals surface area (Å²) in [5.41, 5.74) is 12.2. The number of nitrogens with one attached hydrogen (secondary N) is 2. The molecule has 2 aromatic heterocycles. The zero-order valence-corrected chi connectivity index (χ0v) is 23.9. The molecule has 1 fully saturated rings. The number of rotatable bonds is 6. The maximum absolute atomic E-state index is 13.8. The van der Waals surface area contributed by atoms with Gasteiger partial charge in [-0.1, -0.05) is 45.8 Å². The number of hydrogen-bond donors (Lipinski definition) is 3. The summed E-state index contributed by atoms with van der Waals surface area (Å²) in [6.45, 7) is 6.94. The van der Waals surface area contributed by atoms with Crippen molar-refractivity contribution >= 4 is 60.7 Å². The molecule has 196 valence electrons. The Kier molecular flexibility index (Phi) is 7.52. The lowest BCUT2D eigenvalue weighted by Crippen LogP contribution is -2.31. The van der Waals surface area contributed by atoms with Crippen LogP contribution in [0.5, 0.6) is 0 Å². The van der Waals surface area contributed by atoms with Gasteiger partial charge in [0.05, 0.1) is 23.0 Å². The summed E-state index contributed by atoms with van der Waals surface area (Å²) in [5.74, 6) is -0.543. The number of nitrogens with zero attached hydrogens (tertiary/aromatic N) is 1. The Labute approximate surface area is 233 Å². The number of fused-ring (bicyclic) bond motifs is 1. The molecule has 1 atom stereocenters. The van der Waals surface area contributed by atoms with Gasteiger partial charge in [0.1, 0.15) is 9.71 Å². The quantitative estimate of drug-likeness (QED) is 0.240. The monoisotopic (exact) mass is 592 g/mol. The zero-order chi connectivity index (χ0) is 27.0. The van der Waals surface area contributed by atoms with Crippen LogP contribution < -0.4 is 16.4 Å². The lowest BCUT2D eigenvalue weighted by Gasteiger charge is -2.16. The van der Waals surface area contributed by atoms with Crippen LogP contribution in [0.15, 0.2) is 46.9 Å². The number of thiophene rings is 1. The smallest absolute Gasteiger partial charge is 0.263 e. The molecule has 9 heteroatoms. The molecule has 0 unspecified atom stereocenters. The molecule has 0 aliphatic carbocycles. The summed E-state index contributed by atoms with van der Waals surface area (Å²) in [5, 5.41) is 6.63. The van der Waals surface area contributed by atoms with Gasteiger partial charge in [0, 0.05) is 34.3 Å². The Bertz CT molecular complexity index is 1540. The van der Waals surface area contributed by atoms with E-state index in [0.717, 1.165) is 46.3 Å². The Morgan fingerprint density at radius 1 is 1.13 bits per heavy atom. The number of hydrogen-bond acceptors (Lipinski definition) is 6. The minimum absolute atomic E-state index is 0.0220. The van der Waals surface area contributed by atoms with Crippen LogP contribution in [0.4, 0.5) is 11.4 Å². The van der Waals surface area contributed by atoms with Crippen LogP contribution in [0.3, 0.4) is 0 Å². The van der Waals surface area contributed by atoms with Crippen molar-refractivity contribution in [3.63, 3.8) is 0 Å². The number of benzene rings is 2. The number of halogens is 1. The lowest BCUT2D eigenvalue weighted by atomic mass is 9.94. The maximum Gasteiger partial charge on any atom is 0.263 e. The van der Waals surface area contributed by atoms with E-state index in [9.17, 15) is 9.59 Å². The van der Waals surface area contributed by atoms with Gasteiger partial charge < -0.3 is 21.1 Å². The Hall–Kier alpha value is -3.27.